The molecule has 1 aliphatic rings. The number of aromatic nitrogens is 2. The largest absolute Gasteiger partial charge is 0.351 e. The fourth-order valence-corrected chi connectivity index (χ4v) is 3.77. The molecule has 0 aromatic carbocycles. The van der Waals surface area contributed by atoms with E-state index in [1.54, 1.807) is 12.3 Å². The Morgan fingerprint density at radius 3 is 2.96 bits per heavy atom. The maximum absolute atomic E-state index is 12.8. The Morgan fingerprint density at radius 1 is 1.42 bits per heavy atom. The van der Waals surface area contributed by atoms with Crippen LogP contribution >= 0.6 is 11.3 Å². The predicted octanol–water partition coefficient (Wildman–Crippen LogP) is 2.46. The summed E-state index contributed by atoms with van der Waals surface area (Å²) in [6.45, 7) is 4.53. The zero-order chi connectivity index (χ0) is 17.1. The van der Waals surface area contributed by atoms with Crippen LogP contribution in [0.3, 0.4) is 0 Å². The van der Waals surface area contributed by atoms with E-state index in [-0.39, 0.29) is 17.9 Å². The van der Waals surface area contributed by atoms with Crippen LogP contribution in [0.25, 0.3) is 0 Å². The van der Waals surface area contributed by atoms with Gasteiger partial charge in [-0.1, -0.05) is 0 Å². The van der Waals surface area contributed by atoms with Crippen LogP contribution in [-0.2, 0) is 11.3 Å². The minimum atomic E-state index is -0.101. The van der Waals surface area contributed by atoms with Crippen LogP contribution in [0.1, 0.15) is 52.6 Å². The third-order valence-corrected chi connectivity index (χ3v) is 5.12. The van der Waals surface area contributed by atoms with E-state index in [4.69, 9.17) is 0 Å². The maximum atomic E-state index is 12.8. The maximum Gasteiger partial charge on any atom is 0.264 e. The normalized spacial score (nSPS) is 17.1. The lowest BCUT2D eigenvalue weighted by Gasteiger charge is -2.23. The van der Waals surface area contributed by atoms with Crippen LogP contribution < -0.4 is 5.32 Å². The Bertz CT molecular complexity index is 759. The van der Waals surface area contributed by atoms with E-state index in [0.717, 1.165) is 35.5 Å². The molecule has 1 unspecified atom stereocenters. The summed E-state index contributed by atoms with van der Waals surface area (Å²) < 4.78 is 0. The fraction of sp³-hybridized carbons (Fsp3) is 0.412. The molecule has 3 heterocycles. The van der Waals surface area contributed by atoms with E-state index in [9.17, 15) is 9.59 Å². The van der Waals surface area contributed by atoms with Gasteiger partial charge < -0.3 is 10.2 Å². The number of carbonyl (C=O) groups excluding carboxylic acids is 2. The summed E-state index contributed by atoms with van der Waals surface area (Å²) in [4.78, 5) is 35.5. The Kier molecular flexibility index (Phi) is 4.89. The lowest BCUT2D eigenvalue weighted by Crippen LogP contribution is -2.31. The number of thiophene rings is 1. The summed E-state index contributed by atoms with van der Waals surface area (Å²) in [5.41, 5.74) is 1.76. The predicted molar refractivity (Wildman–Crippen MR) is 91.6 cm³/mol. The van der Waals surface area contributed by atoms with Crippen molar-refractivity contribution in [2.75, 3.05) is 6.54 Å². The van der Waals surface area contributed by atoms with E-state index in [1.165, 1.54) is 18.3 Å². The van der Waals surface area contributed by atoms with Gasteiger partial charge in [0.25, 0.3) is 5.91 Å². The molecule has 1 N–H and O–H groups in total. The highest BCUT2D eigenvalue weighted by molar-refractivity contribution is 7.12. The zero-order valence-electron chi connectivity index (χ0n) is 13.8. The van der Waals surface area contributed by atoms with Gasteiger partial charge >= 0.3 is 0 Å². The van der Waals surface area contributed by atoms with Crippen LogP contribution in [0.5, 0.6) is 0 Å². The molecular weight excluding hydrogens is 324 g/mol. The van der Waals surface area contributed by atoms with Crippen LogP contribution in [-0.4, -0.2) is 33.2 Å². The molecule has 0 aliphatic carbocycles. The van der Waals surface area contributed by atoms with Crippen LogP contribution in [0.2, 0.25) is 0 Å². The topological polar surface area (TPSA) is 75.2 Å². The molecule has 0 bridgehead atoms. The summed E-state index contributed by atoms with van der Waals surface area (Å²) in [5.74, 6) is 0.611. The molecule has 1 fully saturated rings. The highest BCUT2D eigenvalue weighted by Gasteiger charge is 2.33. The molecular formula is C17H20N4O2S. The third kappa shape index (κ3) is 3.46. The van der Waals surface area contributed by atoms with Crippen molar-refractivity contribution < 1.29 is 9.59 Å². The van der Waals surface area contributed by atoms with Crippen molar-refractivity contribution in [3.63, 3.8) is 0 Å². The summed E-state index contributed by atoms with van der Waals surface area (Å²) in [7, 11) is 0. The first kappa shape index (κ1) is 16.6. The number of nitrogens with zero attached hydrogens (tertiary/aromatic N) is 3. The minimum Gasteiger partial charge on any atom is -0.351 e. The molecule has 24 heavy (non-hydrogen) atoms. The number of rotatable bonds is 4. The Morgan fingerprint density at radius 2 is 2.25 bits per heavy atom. The highest BCUT2D eigenvalue weighted by Crippen LogP contribution is 2.32. The molecule has 1 aliphatic heterocycles. The van der Waals surface area contributed by atoms with Crippen LogP contribution in [0.15, 0.2) is 23.7 Å². The molecule has 0 saturated carbocycles. The van der Waals surface area contributed by atoms with E-state index < -0.39 is 0 Å². The van der Waals surface area contributed by atoms with Crippen molar-refractivity contribution >= 4 is 23.2 Å². The Hall–Kier alpha value is -2.28. The van der Waals surface area contributed by atoms with Crippen molar-refractivity contribution in [1.82, 2.24) is 20.2 Å². The van der Waals surface area contributed by atoms with E-state index in [1.807, 2.05) is 23.3 Å². The second-order valence-electron chi connectivity index (χ2n) is 5.91. The molecule has 1 atom stereocenters. The minimum absolute atomic E-state index is 0.0564. The van der Waals surface area contributed by atoms with Crippen LogP contribution in [0, 0.1) is 6.92 Å². The molecule has 2 aromatic rings. The average molecular weight is 344 g/mol. The van der Waals surface area contributed by atoms with Crippen molar-refractivity contribution in [2.45, 2.75) is 39.3 Å². The number of carbonyl (C=O) groups is 2. The summed E-state index contributed by atoms with van der Waals surface area (Å²) in [6.07, 6.45) is 3.50. The number of hydrogen-bond donors (Lipinski definition) is 1. The standard InChI is InChI=1S/C17H20N4O2S/c1-11-6-9-24-15(11)17(23)21-8-3-4-14(21)16-18-7-5-13(20-16)10-19-12(2)22/h5-7,9,14H,3-4,8,10H2,1-2H3,(H,19,22). The molecule has 126 valence electrons. The summed E-state index contributed by atoms with van der Waals surface area (Å²) >= 11 is 1.48. The van der Waals surface area contributed by atoms with Crippen molar-refractivity contribution in [3.05, 3.63) is 45.7 Å². The third-order valence-electron chi connectivity index (χ3n) is 4.12. The molecule has 2 amide bonds. The highest BCUT2D eigenvalue weighted by atomic mass is 32.1. The average Bonchev–Trinajstić information content (AvgIpc) is 3.21. The SMILES string of the molecule is CC(=O)NCc1ccnc(C2CCCN2C(=O)c2sccc2C)n1. The molecule has 3 rings (SSSR count). The quantitative estimate of drug-likeness (QED) is 0.924. The lowest BCUT2D eigenvalue weighted by atomic mass is 10.2. The number of likely N-dealkylation sites (tertiary alicyclic amines) is 1. The number of nitrogens with one attached hydrogen (secondary N) is 1. The van der Waals surface area contributed by atoms with Gasteiger partial charge in [0.2, 0.25) is 5.91 Å². The van der Waals surface area contributed by atoms with Gasteiger partial charge in [0.1, 0.15) is 0 Å². The smallest absolute Gasteiger partial charge is 0.264 e. The molecule has 7 heteroatoms. The van der Waals surface area contributed by atoms with Crippen molar-refractivity contribution in [3.8, 4) is 0 Å². The second-order valence-corrected chi connectivity index (χ2v) is 6.82. The van der Waals surface area contributed by atoms with Crippen molar-refractivity contribution in [2.24, 2.45) is 0 Å². The van der Waals surface area contributed by atoms with E-state index >= 15 is 0 Å². The van der Waals surface area contributed by atoms with Gasteiger partial charge in [-0.2, -0.15) is 0 Å². The van der Waals surface area contributed by atoms with Gasteiger partial charge in [-0.05, 0) is 42.8 Å². The Labute approximate surface area is 144 Å². The molecule has 1 saturated heterocycles. The second kappa shape index (κ2) is 7.09. The summed E-state index contributed by atoms with van der Waals surface area (Å²) in [6, 6.07) is 3.65. The van der Waals surface area contributed by atoms with Gasteiger partial charge in [-0.15, -0.1) is 11.3 Å². The van der Waals surface area contributed by atoms with Gasteiger partial charge in [0.15, 0.2) is 5.82 Å². The summed E-state index contributed by atoms with van der Waals surface area (Å²) in [5, 5.41) is 4.68. The van der Waals surface area contributed by atoms with Gasteiger partial charge in [0.05, 0.1) is 23.2 Å². The molecule has 2 aromatic heterocycles. The fourth-order valence-electron chi connectivity index (χ4n) is 2.89. The number of amides is 2. The first-order chi connectivity index (χ1) is 11.6. The monoisotopic (exact) mass is 344 g/mol. The molecule has 0 radical (unpaired) electrons. The van der Waals surface area contributed by atoms with Crippen LogP contribution in [0.4, 0.5) is 0 Å². The number of hydrogen-bond acceptors (Lipinski definition) is 5. The van der Waals surface area contributed by atoms with Crippen molar-refractivity contribution in [1.29, 1.82) is 0 Å². The number of aryl methyl sites for hydroxylation is 1. The zero-order valence-corrected chi connectivity index (χ0v) is 14.6. The van der Waals surface area contributed by atoms with Gasteiger partial charge in [-0.25, -0.2) is 9.97 Å². The Balaban J connectivity index is 1.80. The molecule has 0 spiro atoms. The van der Waals surface area contributed by atoms with Gasteiger partial charge in [0, 0.05) is 19.7 Å². The van der Waals surface area contributed by atoms with E-state index in [0.29, 0.717) is 12.4 Å². The first-order valence-electron chi connectivity index (χ1n) is 7.97. The van der Waals surface area contributed by atoms with E-state index in [2.05, 4.69) is 15.3 Å². The van der Waals surface area contributed by atoms with Gasteiger partial charge in [-0.3, -0.25) is 9.59 Å². The first-order valence-corrected chi connectivity index (χ1v) is 8.85. The molecule has 6 nitrogen and oxygen atoms in total. The lowest BCUT2D eigenvalue weighted by molar-refractivity contribution is -0.119.